The van der Waals surface area contributed by atoms with Crippen molar-refractivity contribution in [2.75, 3.05) is 37.7 Å². The smallest absolute Gasteiger partial charge is 0.410 e. The van der Waals surface area contributed by atoms with Crippen molar-refractivity contribution in [3.8, 4) is 6.01 Å². The fourth-order valence-corrected chi connectivity index (χ4v) is 7.84. The number of fused-ring (bicyclic) bond motifs is 4. The van der Waals surface area contributed by atoms with Gasteiger partial charge in [-0.25, -0.2) is 9.78 Å². The normalized spacial score (nSPS) is 30.2. The Morgan fingerprint density at radius 3 is 2.30 bits per heavy atom. The van der Waals surface area contributed by atoms with E-state index in [1.807, 2.05) is 31.7 Å². The van der Waals surface area contributed by atoms with Gasteiger partial charge in [0, 0.05) is 36.8 Å². The molecule has 0 N–H and O–H groups in total. The first-order valence-electron chi connectivity index (χ1n) is 15.0. The zero-order chi connectivity index (χ0) is 28.2. The summed E-state index contributed by atoms with van der Waals surface area (Å²) in [5.41, 5.74) is 1.09. The number of hydrogen-bond acceptors (Lipinski definition) is 8. The molecule has 0 saturated carbocycles. The second-order valence-corrected chi connectivity index (χ2v) is 14.3. The monoisotopic (exact) mass is 614 g/mol. The van der Waals surface area contributed by atoms with Crippen molar-refractivity contribution in [1.82, 2.24) is 24.8 Å². The summed E-state index contributed by atoms with van der Waals surface area (Å²) in [5, 5.41) is 0. The molecule has 4 fully saturated rings. The molecule has 4 unspecified atom stereocenters. The summed E-state index contributed by atoms with van der Waals surface area (Å²) in [6, 6.07) is 2.57. The highest BCUT2D eigenvalue weighted by atomic mass is 79.9. The Labute approximate surface area is 246 Å². The summed E-state index contributed by atoms with van der Waals surface area (Å²) in [6.45, 7) is 14.7. The van der Waals surface area contributed by atoms with Crippen molar-refractivity contribution >= 4 is 38.9 Å². The van der Waals surface area contributed by atoms with Gasteiger partial charge < -0.3 is 14.4 Å². The van der Waals surface area contributed by atoms with Gasteiger partial charge in [-0.05, 0) is 80.3 Å². The topological polar surface area (TPSA) is 83.9 Å². The van der Waals surface area contributed by atoms with Gasteiger partial charge in [-0.2, -0.15) is 9.97 Å². The lowest BCUT2D eigenvalue weighted by Crippen LogP contribution is -2.57. The number of carbonyl (C=O) groups excluding carboxylic acids is 1. The lowest BCUT2D eigenvalue weighted by molar-refractivity contribution is 0.0122. The van der Waals surface area contributed by atoms with Crippen LogP contribution in [0.5, 0.6) is 6.01 Å². The van der Waals surface area contributed by atoms with Gasteiger partial charge in [0.05, 0.1) is 23.1 Å². The highest BCUT2D eigenvalue weighted by Crippen LogP contribution is 2.46. The molecule has 6 rings (SSSR count). The highest BCUT2D eigenvalue weighted by Gasteiger charge is 2.51. The van der Waals surface area contributed by atoms with Crippen LogP contribution < -0.4 is 9.64 Å². The Kier molecular flexibility index (Phi) is 7.38. The van der Waals surface area contributed by atoms with Crippen LogP contribution in [0.15, 0.2) is 16.7 Å². The summed E-state index contributed by atoms with van der Waals surface area (Å²) in [7, 11) is 0. The average molecular weight is 616 g/mol. The van der Waals surface area contributed by atoms with E-state index in [0.29, 0.717) is 25.7 Å². The average Bonchev–Trinajstić information content (AvgIpc) is 3.51. The molecule has 2 bridgehead atoms. The zero-order valence-corrected chi connectivity index (χ0v) is 26.1. The SMILES string of the molecule is CCC1CN2CC(CC)CC2(COc2nc(N3CC4CCC(C3)N4C(=O)OC(C)(C)C)c3ncc(Br)cc3n2)C1. The molecular formula is C30H43BrN6O3. The quantitative estimate of drug-likeness (QED) is 0.412. The van der Waals surface area contributed by atoms with Gasteiger partial charge in [0.15, 0.2) is 5.82 Å². The molecule has 4 saturated heterocycles. The molecule has 6 heterocycles. The zero-order valence-electron chi connectivity index (χ0n) is 24.5. The largest absolute Gasteiger partial charge is 0.461 e. The van der Waals surface area contributed by atoms with Crippen LogP contribution in [0.2, 0.25) is 0 Å². The summed E-state index contributed by atoms with van der Waals surface area (Å²) in [6.07, 6.45) is 8.29. The van der Waals surface area contributed by atoms with Crippen LogP contribution >= 0.6 is 15.9 Å². The van der Waals surface area contributed by atoms with E-state index in [1.165, 1.54) is 38.8 Å². The minimum absolute atomic E-state index is 0.0769. The van der Waals surface area contributed by atoms with Crippen molar-refractivity contribution < 1.29 is 14.3 Å². The number of ether oxygens (including phenoxy) is 2. The molecule has 0 radical (unpaired) electrons. The van der Waals surface area contributed by atoms with Crippen molar-refractivity contribution in [2.45, 2.75) is 96.4 Å². The van der Waals surface area contributed by atoms with Crippen LogP contribution in [0.4, 0.5) is 10.6 Å². The molecule has 10 heteroatoms. The fraction of sp³-hybridized carbons (Fsp3) is 0.733. The lowest BCUT2D eigenvalue weighted by atomic mass is 9.86. The summed E-state index contributed by atoms with van der Waals surface area (Å²) in [4.78, 5) is 34.5. The first-order chi connectivity index (χ1) is 19.1. The molecule has 4 aliphatic heterocycles. The Morgan fingerprint density at radius 1 is 1.05 bits per heavy atom. The first kappa shape index (κ1) is 27.9. The summed E-state index contributed by atoms with van der Waals surface area (Å²) in [5.74, 6) is 2.25. The molecule has 9 nitrogen and oxygen atoms in total. The molecule has 0 spiro atoms. The van der Waals surface area contributed by atoms with E-state index in [9.17, 15) is 4.79 Å². The van der Waals surface area contributed by atoms with E-state index >= 15 is 0 Å². The number of carbonyl (C=O) groups is 1. The number of halogens is 1. The third-order valence-corrected chi connectivity index (χ3v) is 9.87. The van der Waals surface area contributed by atoms with Crippen molar-refractivity contribution in [3.63, 3.8) is 0 Å². The number of pyridine rings is 1. The standard InChI is InChI=1S/C30H43BrN6O3/c1-6-19-11-30(12-20(7-2)15-36(30)14-19)18-39-27-33-24-10-21(31)13-32-25(24)26(34-27)35-16-22-8-9-23(17-35)37(22)28(38)40-29(3,4)5/h10,13,19-20,22-23H,6-9,11-12,14-18H2,1-5H3. The number of hydrogen-bond donors (Lipinski definition) is 0. The van der Waals surface area contributed by atoms with Crippen LogP contribution in [-0.4, -0.2) is 86.9 Å². The van der Waals surface area contributed by atoms with Crippen LogP contribution in [0.3, 0.4) is 0 Å². The summed E-state index contributed by atoms with van der Waals surface area (Å²) < 4.78 is 13.1. The number of amides is 1. The number of rotatable bonds is 6. The van der Waals surface area contributed by atoms with Crippen LogP contribution in [0, 0.1) is 11.8 Å². The maximum absolute atomic E-state index is 13.0. The molecule has 1 amide bonds. The maximum atomic E-state index is 13.0. The van der Waals surface area contributed by atoms with Crippen molar-refractivity contribution in [2.24, 2.45) is 11.8 Å². The number of piperazine rings is 1. The molecule has 4 aliphatic rings. The predicted molar refractivity (Wildman–Crippen MR) is 159 cm³/mol. The van der Waals surface area contributed by atoms with Crippen molar-refractivity contribution in [3.05, 3.63) is 16.7 Å². The fourth-order valence-electron chi connectivity index (χ4n) is 7.52. The number of anilines is 1. The van der Waals surface area contributed by atoms with Crippen LogP contribution in [-0.2, 0) is 4.74 Å². The Balaban J connectivity index is 1.26. The molecule has 0 aromatic carbocycles. The van der Waals surface area contributed by atoms with E-state index in [2.05, 4.69) is 39.6 Å². The predicted octanol–water partition coefficient (Wildman–Crippen LogP) is 5.65. The molecule has 4 atom stereocenters. The minimum atomic E-state index is -0.512. The second-order valence-electron chi connectivity index (χ2n) is 13.4. The summed E-state index contributed by atoms with van der Waals surface area (Å²) >= 11 is 3.57. The lowest BCUT2D eigenvalue weighted by Gasteiger charge is -2.41. The Morgan fingerprint density at radius 2 is 1.70 bits per heavy atom. The Bertz CT molecular complexity index is 1240. The van der Waals surface area contributed by atoms with Crippen molar-refractivity contribution in [1.29, 1.82) is 0 Å². The van der Waals surface area contributed by atoms with E-state index in [-0.39, 0.29) is 23.7 Å². The van der Waals surface area contributed by atoms with E-state index < -0.39 is 5.60 Å². The molecule has 218 valence electrons. The third-order valence-electron chi connectivity index (χ3n) is 9.44. The van der Waals surface area contributed by atoms with Gasteiger partial charge >= 0.3 is 12.1 Å². The number of nitrogens with zero attached hydrogens (tertiary/aromatic N) is 6. The third kappa shape index (κ3) is 5.26. The molecule has 0 aliphatic carbocycles. The molecule has 40 heavy (non-hydrogen) atoms. The highest BCUT2D eigenvalue weighted by molar-refractivity contribution is 9.10. The molecule has 2 aromatic heterocycles. The second kappa shape index (κ2) is 10.6. The van der Waals surface area contributed by atoms with Gasteiger partial charge in [-0.1, -0.05) is 26.7 Å². The minimum Gasteiger partial charge on any atom is -0.461 e. The molecular weight excluding hydrogens is 572 g/mol. The van der Waals surface area contributed by atoms with Gasteiger partial charge in [0.25, 0.3) is 0 Å². The van der Waals surface area contributed by atoms with Crippen LogP contribution in [0.1, 0.15) is 73.1 Å². The van der Waals surface area contributed by atoms with E-state index in [0.717, 1.165) is 46.0 Å². The van der Waals surface area contributed by atoms with Gasteiger partial charge in [-0.3, -0.25) is 9.80 Å². The van der Waals surface area contributed by atoms with Crippen LogP contribution in [0.25, 0.3) is 11.0 Å². The van der Waals surface area contributed by atoms with Gasteiger partial charge in [-0.15, -0.1) is 0 Å². The van der Waals surface area contributed by atoms with E-state index in [1.54, 1.807) is 6.20 Å². The van der Waals surface area contributed by atoms with Gasteiger partial charge in [0.1, 0.15) is 17.7 Å². The number of aromatic nitrogens is 3. The van der Waals surface area contributed by atoms with Gasteiger partial charge in [0.2, 0.25) is 0 Å². The Hall–Kier alpha value is -2.20. The first-order valence-corrected chi connectivity index (χ1v) is 15.8. The molecule has 2 aromatic rings. The maximum Gasteiger partial charge on any atom is 0.410 e. The van der Waals surface area contributed by atoms with E-state index in [4.69, 9.17) is 24.4 Å².